The van der Waals surface area contributed by atoms with Crippen molar-refractivity contribution in [1.29, 1.82) is 5.26 Å². The first-order valence-electron chi connectivity index (χ1n) is 7.07. The zero-order valence-electron chi connectivity index (χ0n) is 12.8. The molecule has 2 rings (SSSR count). The van der Waals surface area contributed by atoms with Crippen molar-refractivity contribution in [3.63, 3.8) is 0 Å². The number of rotatable bonds is 7. The number of nitrogens with zero attached hydrogens (tertiary/aromatic N) is 3. The molecule has 0 bridgehead atoms. The van der Waals surface area contributed by atoms with Crippen LogP contribution in [0.2, 0.25) is 0 Å². The molecule has 2 aromatic rings. The fourth-order valence-electron chi connectivity index (χ4n) is 1.62. The van der Waals surface area contributed by atoms with Crippen LogP contribution >= 0.6 is 34.9 Å². The number of thioether (sulfide) groups is 2. The molecule has 0 unspecified atom stereocenters. The number of hydrogen-bond acceptors (Lipinski definition) is 7. The quantitative estimate of drug-likeness (QED) is 0.747. The normalized spacial score (nSPS) is 11.7. The second kappa shape index (κ2) is 8.91. The predicted octanol–water partition coefficient (Wildman–Crippen LogP) is 4.03. The van der Waals surface area contributed by atoms with E-state index in [0.29, 0.717) is 11.3 Å². The molecule has 1 atom stereocenters. The van der Waals surface area contributed by atoms with Crippen molar-refractivity contribution in [2.75, 3.05) is 11.1 Å². The highest BCUT2D eigenvalue weighted by atomic mass is 32.2. The Balaban J connectivity index is 1.95. The summed E-state index contributed by atoms with van der Waals surface area (Å²) in [5, 5.41) is 19.7. The summed E-state index contributed by atoms with van der Waals surface area (Å²) in [4.78, 5) is 12.3. The highest BCUT2D eigenvalue weighted by molar-refractivity contribution is 8.03. The van der Waals surface area contributed by atoms with Gasteiger partial charge in [-0.15, -0.1) is 10.2 Å². The lowest BCUT2D eigenvalue weighted by Gasteiger charge is -2.11. The molecule has 1 heterocycles. The molecule has 0 radical (unpaired) electrons. The minimum atomic E-state index is -0.321. The van der Waals surface area contributed by atoms with Crippen LogP contribution in [0, 0.1) is 11.3 Å². The lowest BCUT2D eigenvalue weighted by molar-refractivity contribution is -0.115. The summed E-state index contributed by atoms with van der Waals surface area (Å²) in [6.45, 7) is 3.93. The van der Waals surface area contributed by atoms with Gasteiger partial charge in [0.25, 0.3) is 0 Å². The fraction of sp³-hybridized carbons (Fsp3) is 0.333. The number of amides is 1. The minimum absolute atomic E-state index is 0.157. The van der Waals surface area contributed by atoms with Crippen molar-refractivity contribution >= 4 is 46.5 Å². The highest BCUT2D eigenvalue weighted by Crippen LogP contribution is 2.31. The number of nitrogens with one attached hydrogen (secondary N) is 1. The number of nitriles is 1. The topological polar surface area (TPSA) is 78.7 Å². The number of benzene rings is 1. The molecule has 0 saturated carbocycles. The number of carbonyl (C=O) groups is 1. The van der Waals surface area contributed by atoms with Crippen molar-refractivity contribution in [3.8, 4) is 6.07 Å². The average Bonchev–Trinajstić information content (AvgIpc) is 3.00. The third-order valence-electron chi connectivity index (χ3n) is 2.77. The van der Waals surface area contributed by atoms with Gasteiger partial charge in [-0.2, -0.15) is 5.26 Å². The largest absolute Gasteiger partial charge is 0.324 e. The van der Waals surface area contributed by atoms with Gasteiger partial charge in [0.1, 0.15) is 6.07 Å². The van der Waals surface area contributed by atoms with Gasteiger partial charge in [-0.1, -0.05) is 53.9 Å². The molecule has 0 fully saturated rings. The molecule has 0 aliphatic rings. The van der Waals surface area contributed by atoms with Crippen LogP contribution in [0.1, 0.15) is 25.8 Å². The summed E-state index contributed by atoms with van der Waals surface area (Å²) in [5.74, 6) is 0.857. The van der Waals surface area contributed by atoms with E-state index in [9.17, 15) is 4.79 Å². The van der Waals surface area contributed by atoms with Crippen LogP contribution < -0.4 is 5.32 Å². The van der Waals surface area contributed by atoms with Crippen LogP contribution in [0.5, 0.6) is 0 Å². The first-order valence-corrected chi connectivity index (χ1v) is 9.75. The van der Waals surface area contributed by atoms with E-state index >= 15 is 0 Å². The van der Waals surface area contributed by atoms with Gasteiger partial charge in [0.2, 0.25) is 5.91 Å². The van der Waals surface area contributed by atoms with Crippen LogP contribution in [0.3, 0.4) is 0 Å². The van der Waals surface area contributed by atoms with Crippen LogP contribution in [0.4, 0.5) is 5.69 Å². The maximum atomic E-state index is 12.3. The van der Waals surface area contributed by atoms with Crippen molar-refractivity contribution in [1.82, 2.24) is 10.2 Å². The Morgan fingerprint density at radius 1 is 1.39 bits per heavy atom. The Bertz CT molecular complexity index is 711. The minimum Gasteiger partial charge on any atom is -0.324 e. The second-order valence-corrected chi connectivity index (χ2v) is 8.50. The molecule has 1 aromatic carbocycles. The zero-order chi connectivity index (χ0) is 16.7. The van der Waals surface area contributed by atoms with Gasteiger partial charge >= 0.3 is 0 Å². The van der Waals surface area contributed by atoms with Gasteiger partial charge in [0.15, 0.2) is 8.68 Å². The van der Waals surface area contributed by atoms with E-state index in [1.807, 2.05) is 6.92 Å². The molecule has 1 aromatic heterocycles. The van der Waals surface area contributed by atoms with E-state index in [-0.39, 0.29) is 11.2 Å². The maximum absolute atomic E-state index is 12.3. The highest BCUT2D eigenvalue weighted by Gasteiger charge is 2.18. The lowest BCUT2D eigenvalue weighted by Crippen LogP contribution is -2.22. The van der Waals surface area contributed by atoms with E-state index in [1.165, 1.54) is 23.1 Å². The lowest BCUT2D eigenvalue weighted by atomic mass is 10.2. The Hall–Kier alpha value is -1.56. The number of carbonyl (C=O) groups excluding carboxylic acids is 1. The first kappa shape index (κ1) is 17.8. The molecule has 0 aliphatic carbocycles. The Labute approximate surface area is 147 Å². The molecule has 1 amide bonds. The summed E-state index contributed by atoms with van der Waals surface area (Å²) in [7, 11) is 0. The monoisotopic (exact) mass is 364 g/mol. The molecule has 0 aliphatic heterocycles. The Kier molecular flexibility index (Phi) is 6.89. The molecule has 0 saturated heterocycles. The standard InChI is InChI=1S/C15H16N4OS3/c1-3-8-21-14-18-19-15(23-14)22-10(2)13(20)17-12-7-5-4-6-11(12)9-16/h4-7,10H,3,8H2,1-2H3,(H,17,20)/t10-/m1/s1. The summed E-state index contributed by atoms with van der Waals surface area (Å²) in [6, 6.07) is 9.02. The van der Waals surface area contributed by atoms with Crippen LogP contribution in [-0.2, 0) is 4.79 Å². The van der Waals surface area contributed by atoms with E-state index in [2.05, 4.69) is 28.5 Å². The van der Waals surface area contributed by atoms with Crippen LogP contribution in [0.25, 0.3) is 0 Å². The van der Waals surface area contributed by atoms with Crippen LogP contribution in [0.15, 0.2) is 32.9 Å². The number of hydrogen-bond donors (Lipinski definition) is 1. The number of aromatic nitrogens is 2. The summed E-state index contributed by atoms with van der Waals surface area (Å²) < 4.78 is 1.71. The number of anilines is 1. The smallest absolute Gasteiger partial charge is 0.237 e. The predicted molar refractivity (Wildman–Crippen MR) is 96.0 cm³/mol. The fourth-order valence-corrected chi connectivity index (χ4v) is 4.71. The summed E-state index contributed by atoms with van der Waals surface area (Å²) >= 11 is 4.56. The second-order valence-electron chi connectivity index (χ2n) is 4.59. The van der Waals surface area contributed by atoms with E-state index in [0.717, 1.165) is 20.9 Å². The van der Waals surface area contributed by atoms with Crippen molar-refractivity contribution in [3.05, 3.63) is 29.8 Å². The van der Waals surface area contributed by atoms with Gasteiger partial charge in [-0.3, -0.25) is 4.79 Å². The summed E-state index contributed by atoms with van der Waals surface area (Å²) in [6.07, 6.45) is 1.09. The van der Waals surface area contributed by atoms with E-state index < -0.39 is 0 Å². The van der Waals surface area contributed by atoms with Gasteiger partial charge in [0.05, 0.1) is 16.5 Å². The Morgan fingerprint density at radius 2 is 2.13 bits per heavy atom. The van der Waals surface area contributed by atoms with Crippen LogP contribution in [-0.4, -0.2) is 27.1 Å². The third kappa shape index (κ3) is 5.23. The summed E-state index contributed by atoms with van der Waals surface area (Å²) in [5.41, 5.74) is 0.983. The SMILES string of the molecule is CCCSc1nnc(S[C@H](C)C(=O)Nc2ccccc2C#N)s1. The molecule has 0 spiro atoms. The molecular formula is C15H16N4OS3. The molecule has 8 heteroatoms. The van der Waals surface area contributed by atoms with Gasteiger partial charge in [0, 0.05) is 5.75 Å². The van der Waals surface area contributed by atoms with Crippen molar-refractivity contribution in [2.24, 2.45) is 0 Å². The van der Waals surface area contributed by atoms with Gasteiger partial charge < -0.3 is 5.32 Å². The van der Waals surface area contributed by atoms with E-state index in [1.54, 1.807) is 36.0 Å². The van der Waals surface area contributed by atoms with Crippen molar-refractivity contribution < 1.29 is 4.79 Å². The Morgan fingerprint density at radius 3 is 2.87 bits per heavy atom. The molecular weight excluding hydrogens is 348 g/mol. The van der Waals surface area contributed by atoms with Gasteiger partial charge in [-0.05, 0) is 25.5 Å². The molecule has 5 nitrogen and oxygen atoms in total. The maximum Gasteiger partial charge on any atom is 0.237 e. The van der Waals surface area contributed by atoms with Crippen molar-refractivity contribution in [2.45, 2.75) is 34.2 Å². The van der Waals surface area contributed by atoms with Gasteiger partial charge in [-0.25, -0.2) is 0 Å². The molecule has 23 heavy (non-hydrogen) atoms. The first-order chi connectivity index (χ1) is 11.1. The van der Waals surface area contributed by atoms with E-state index in [4.69, 9.17) is 5.26 Å². The number of para-hydroxylation sites is 1. The molecule has 1 N–H and O–H groups in total. The third-order valence-corrected chi connectivity index (χ3v) is 6.22. The molecule has 120 valence electrons. The average molecular weight is 365 g/mol. The zero-order valence-corrected chi connectivity index (χ0v) is 15.2.